The summed E-state index contributed by atoms with van der Waals surface area (Å²) in [6.07, 6.45) is 0. The molecule has 2 aromatic rings. The molecule has 1 aromatic carbocycles. The molecule has 1 aromatic heterocycles. The fourth-order valence-electron chi connectivity index (χ4n) is 1.81. The number of hydrogen-bond acceptors (Lipinski definition) is 3. The SMILES string of the molecule is CCNCc1cc(COc2ccc(F)cc2Br)c(C)s1. The molecule has 5 heteroatoms. The van der Waals surface area contributed by atoms with Crippen LogP contribution in [-0.2, 0) is 13.2 Å². The molecule has 20 heavy (non-hydrogen) atoms. The van der Waals surface area contributed by atoms with Crippen molar-refractivity contribution in [2.75, 3.05) is 6.54 Å². The van der Waals surface area contributed by atoms with Gasteiger partial charge in [0.15, 0.2) is 0 Å². The molecular formula is C15H17BrFNOS. The van der Waals surface area contributed by atoms with Gasteiger partial charge in [0.25, 0.3) is 0 Å². The van der Waals surface area contributed by atoms with E-state index in [1.54, 1.807) is 17.4 Å². The minimum Gasteiger partial charge on any atom is -0.488 e. The van der Waals surface area contributed by atoms with Gasteiger partial charge in [-0.3, -0.25) is 0 Å². The maximum absolute atomic E-state index is 13.0. The number of hydrogen-bond donors (Lipinski definition) is 1. The van der Waals surface area contributed by atoms with Crippen molar-refractivity contribution in [1.29, 1.82) is 0 Å². The minimum atomic E-state index is -0.274. The Morgan fingerprint density at radius 3 is 2.85 bits per heavy atom. The smallest absolute Gasteiger partial charge is 0.134 e. The van der Waals surface area contributed by atoms with Crippen molar-refractivity contribution in [2.45, 2.75) is 27.0 Å². The third kappa shape index (κ3) is 4.04. The van der Waals surface area contributed by atoms with E-state index >= 15 is 0 Å². The number of benzene rings is 1. The van der Waals surface area contributed by atoms with Gasteiger partial charge in [0.05, 0.1) is 4.47 Å². The summed E-state index contributed by atoms with van der Waals surface area (Å²) in [5, 5.41) is 3.31. The van der Waals surface area contributed by atoms with Crippen LogP contribution in [0.25, 0.3) is 0 Å². The number of halogens is 2. The van der Waals surface area contributed by atoms with E-state index in [0.29, 0.717) is 16.8 Å². The van der Waals surface area contributed by atoms with Crippen LogP contribution in [0.5, 0.6) is 5.75 Å². The van der Waals surface area contributed by atoms with Gasteiger partial charge in [-0.2, -0.15) is 0 Å². The molecule has 0 aliphatic heterocycles. The van der Waals surface area contributed by atoms with Crippen LogP contribution in [-0.4, -0.2) is 6.54 Å². The Balaban J connectivity index is 2.01. The predicted molar refractivity (Wildman–Crippen MR) is 84.9 cm³/mol. The number of nitrogens with one attached hydrogen (secondary N) is 1. The van der Waals surface area contributed by atoms with E-state index in [4.69, 9.17) is 4.74 Å². The van der Waals surface area contributed by atoms with Crippen LogP contribution < -0.4 is 10.1 Å². The van der Waals surface area contributed by atoms with E-state index in [9.17, 15) is 4.39 Å². The highest BCUT2D eigenvalue weighted by Gasteiger charge is 2.08. The fraction of sp³-hybridized carbons (Fsp3) is 0.333. The summed E-state index contributed by atoms with van der Waals surface area (Å²) < 4.78 is 19.4. The maximum Gasteiger partial charge on any atom is 0.134 e. The van der Waals surface area contributed by atoms with Gasteiger partial charge in [0.1, 0.15) is 18.2 Å². The second-order valence-electron chi connectivity index (χ2n) is 4.44. The summed E-state index contributed by atoms with van der Waals surface area (Å²) >= 11 is 5.09. The summed E-state index contributed by atoms with van der Waals surface area (Å²) in [6, 6.07) is 6.62. The molecule has 0 radical (unpaired) electrons. The van der Waals surface area contributed by atoms with Gasteiger partial charge in [0, 0.05) is 21.9 Å². The van der Waals surface area contributed by atoms with Gasteiger partial charge in [0.2, 0.25) is 0 Å². The van der Waals surface area contributed by atoms with Crippen LogP contribution in [0, 0.1) is 12.7 Å². The molecule has 0 spiro atoms. The molecule has 0 amide bonds. The first-order valence-electron chi connectivity index (χ1n) is 6.47. The topological polar surface area (TPSA) is 21.3 Å². The van der Waals surface area contributed by atoms with Crippen molar-refractivity contribution in [2.24, 2.45) is 0 Å². The lowest BCUT2D eigenvalue weighted by atomic mass is 10.2. The molecule has 1 N–H and O–H groups in total. The lowest BCUT2D eigenvalue weighted by Crippen LogP contribution is -2.10. The van der Waals surface area contributed by atoms with Crippen molar-refractivity contribution in [3.8, 4) is 5.75 Å². The van der Waals surface area contributed by atoms with Crippen molar-refractivity contribution in [3.05, 3.63) is 49.9 Å². The molecule has 108 valence electrons. The number of thiophene rings is 1. The Hall–Kier alpha value is -0.910. The van der Waals surface area contributed by atoms with Crippen molar-refractivity contribution in [1.82, 2.24) is 5.32 Å². The molecular weight excluding hydrogens is 341 g/mol. The monoisotopic (exact) mass is 357 g/mol. The zero-order valence-corrected chi connectivity index (χ0v) is 13.9. The van der Waals surface area contributed by atoms with Crippen LogP contribution in [0.2, 0.25) is 0 Å². The van der Waals surface area contributed by atoms with Crippen molar-refractivity contribution in [3.63, 3.8) is 0 Å². The van der Waals surface area contributed by atoms with Crippen LogP contribution >= 0.6 is 27.3 Å². The summed E-state index contributed by atoms with van der Waals surface area (Å²) in [5.74, 6) is 0.383. The van der Waals surface area contributed by atoms with Gasteiger partial charge < -0.3 is 10.1 Å². The summed E-state index contributed by atoms with van der Waals surface area (Å²) in [7, 11) is 0. The van der Waals surface area contributed by atoms with Gasteiger partial charge in [-0.25, -0.2) is 4.39 Å². The summed E-state index contributed by atoms with van der Waals surface area (Å²) in [4.78, 5) is 2.57. The average molecular weight is 358 g/mol. The molecule has 2 rings (SSSR count). The second-order valence-corrected chi connectivity index (χ2v) is 6.63. The molecule has 0 atom stereocenters. The van der Waals surface area contributed by atoms with Gasteiger partial charge in [-0.1, -0.05) is 6.92 Å². The first-order valence-corrected chi connectivity index (χ1v) is 8.08. The van der Waals surface area contributed by atoms with E-state index in [1.165, 1.54) is 27.5 Å². The molecule has 0 aliphatic carbocycles. The van der Waals surface area contributed by atoms with E-state index in [-0.39, 0.29) is 5.82 Å². The fourth-order valence-corrected chi connectivity index (χ4v) is 3.30. The van der Waals surface area contributed by atoms with Crippen LogP contribution in [0.1, 0.15) is 22.2 Å². The molecule has 0 fully saturated rings. The standard InChI is InChI=1S/C15H17BrFNOS/c1-3-18-8-13-6-11(10(2)20-13)9-19-15-5-4-12(17)7-14(15)16/h4-7,18H,3,8-9H2,1-2H3. The molecule has 0 bridgehead atoms. The quantitative estimate of drug-likeness (QED) is 0.812. The van der Waals surface area contributed by atoms with Crippen LogP contribution in [0.4, 0.5) is 4.39 Å². The highest BCUT2D eigenvalue weighted by atomic mass is 79.9. The third-order valence-electron chi connectivity index (χ3n) is 2.90. The zero-order chi connectivity index (χ0) is 14.5. The Morgan fingerprint density at radius 1 is 1.35 bits per heavy atom. The largest absolute Gasteiger partial charge is 0.488 e. The summed E-state index contributed by atoms with van der Waals surface area (Å²) in [6.45, 7) is 6.54. The average Bonchev–Trinajstić information content (AvgIpc) is 2.76. The maximum atomic E-state index is 13.0. The van der Waals surface area contributed by atoms with Gasteiger partial charge in [-0.15, -0.1) is 11.3 Å². The highest BCUT2D eigenvalue weighted by molar-refractivity contribution is 9.10. The number of ether oxygens (including phenoxy) is 1. The first kappa shape index (κ1) is 15.5. The minimum absolute atomic E-state index is 0.274. The first-order chi connectivity index (χ1) is 9.60. The third-order valence-corrected chi connectivity index (χ3v) is 4.61. The second kappa shape index (κ2) is 7.20. The normalized spacial score (nSPS) is 10.8. The Morgan fingerprint density at radius 2 is 2.15 bits per heavy atom. The van der Waals surface area contributed by atoms with Crippen LogP contribution in [0.15, 0.2) is 28.7 Å². The van der Waals surface area contributed by atoms with Gasteiger partial charge in [-0.05, 0) is 53.7 Å². The Bertz CT molecular complexity index is 585. The van der Waals surface area contributed by atoms with E-state index in [2.05, 4.69) is 41.2 Å². The van der Waals surface area contributed by atoms with E-state index in [0.717, 1.165) is 13.1 Å². The Kier molecular flexibility index (Phi) is 5.57. The zero-order valence-electron chi connectivity index (χ0n) is 11.5. The van der Waals surface area contributed by atoms with Crippen LogP contribution in [0.3, 0.4) is 0 Å². The van der Waals surface area contributed by atoms with Crippen molar-refractivity contribution >= 4 is 27.3 Å². The van der Waals surface area contributed by atoms with Gasteiger partial charge >= 0.3 is 0 Å². The summed E-state index contributed by atoms with van der Waals surface area (Å²) in [5.41, 5.74) is 1.18. The molecule has 0 saturated heterocycles. The highest BCUT2D eigenvalue weighted by Crippen LogP contribution is 2.28. The lowest BCUT2D eigenvalue weighted by molar-refractivity contribution is 0.303. The molecule has 0 unspecified atom stereocenters. The predicted octanol–water partition coefficient (Wildman–Crippen LogP) is 4.65. The Labute approximate surface area is 131 Å². The number of aryl methyl sites for hydroxylation is 1. The molecule has 1 heterocycles. The molecule has 0 aliphatic rings. The van der Waals surface area contributed by atoms with Crippen molar-refractivity contribution < 1.29 is 9.13 Å². The molecule has 0 saturated carbocycles. The number of rotatable bonds is 6. The lowest BCUT2D eigenvalue weighted by Gasteiger charge is -2.07. The van der Waals surface area contributed by atoms with E-state index in [1.807, 2.05) is 0 Å². The molecule has 2 nitrogen and oxygen atoms in total. The van der Waals surface area contributed by atoms with E-state index < -0.39 is 0 Å².